The minimum absolute atomic E-state index is 0.396. The fourth-order valence-corrected chi connectivity index (χ4v) is 1.86. The second kappa shape index (κ2) is 4.38. The van der Waals surface area contributed by atoms with Crippen LogP contribution < -0.4 is 0 Å². The second-order valence-corrected chi connectivity index (χ2v) is 4.53. The van der Waals surface area contributed by atoms with E-state index in [1.54, 1.807) is 18.2 Å². The predicted molar refractivity (Wildman–Crippen MR) is 64.9 cm³/mol. The molecule has 2 N–H and O–H groups in total. The van der Waals surface area contributed by atoms with Crippen LogP contribution in [-0.2, 0) is 0 Å². The number of hydrogen-bond donors (Lipinski definition) is 2. The van der Waals surface area contributed by atoms with Crippen LogP contribution in [0.1, 0.15) is 10.5 Å². The van der Waals surface area contributed by atoms with Gasteiger partial charge in [0.25, 0.3) is 0 Å². The van der Waals surface area contributed by atoms with Crippen molar-refractivity contribution in [3.63, 3.8) is 0 Å². The molecule has 0 saturated heterocycles. The molecule has 5 nitrogen and oxygen atoms in total. The lowest BCUT2D eigenvalue weighted by Gasteiger charge is -2.03. The number of aromatic nitrogens is 2. The van der Waals surface area contributed by atoms with Gasteiger partial charge in [0.05, 0.1) is 16.9 Å². The molecular weight excluding hydrogens is 311 g/mol. The molecule has 0 bridgehead atoms. The van der Waals surface area contributed by atoms with Gasteiger partial charge in [-0.2, -0.15) is 5.10 Å². The van der Waals surface area contributed by atoms with E-state index < -0.39 is 17.4 Å². The van der Waals surface area contributed by atoms with E-state index in [9.17, 15) is 9.90 Å². The van der Waals surface area contributed by atoms with E-state index in [0.717, 1.165) is 4.47 Å². The number of aromatic carboxylic acids is 1. The number of nitrogens with zero attached hydrogens (tertiary/aromatic N) is 2. The summed E-state index contributed by atoms with van der Waals surface area (Å²) in [5, 5.41) is 22.3. The Morgan fingerprint density at radius 3 is 2.76 bits per heavy atom. The third-order valence-corrected chi connectivity index (χ3v) is 2.87. The van der Waals surface area contributed by atoms with Gasteiger partial charge in [0.15, 0.2) is 5.75 Å². The van der Waals surface area contributed by atoms with Crippen molar-refractivity contribution in [1.82, 2.24) is 9.78 Å². The van der Waals surface area contributed by atoms with Crippen LogP contribution in [0.2, 0.25) is 5.02 Å². The number of aromatic hydroxyl groups is 1. The van der Waals surface area contributed by atoms with Crippen molar-refractivity contribution < 1.29 is 15.0 Å². The monoisotopic (exact) mass is 316 g/mol. The molecule has 0 radical (unpaired) electrons. The largest absolute Gasteiger partial charge is 0.504 e. The maximum atomic E-state index is 10.7. The molecular formula is C10H6BrClN2O3. The summed E-state index contributed by atoms with van der Waals surface area (Å²) in [7, 11) is 0. The Bertz CT molecular complexity index is 597. The molecule has 0 unspecified atom stereocenters. The zero-order valence-electron chi connectivity index (χ0n) is 8.26. The zero-order chi connectivity index (χ0) is 12.6. The molecule has 0 aliphatic rings. The molecule has 0 spiro atoms. The van der Waals surface area contributed by atoms with Gasteiger partial charge in [0.1, 0.15) is 0 Å². The molecule has 1 aromatic carbocycles. The summed E-state index contributed by atoms with van der Waals surface area (Å²) >= 11 is 9.23. The smallest absolute Gasteiger partial charge is 0.360 e. The van der Waals surface area contributed by atoms with Crippen molar-refractivity contribution in [2.75, 3.05) is 0 Å². The maximum absolute atomic E-state index is 10.7. The molecule has 7 heteroatoms. The quantitative estimate of drug-likeness (QED) is 0.893. The molecule has 0 fully saturated rings. The molecule has 88 valence electrons. The summed E-state index contributed by atoms with van der Waals surface area (Å²) in [6.45, 7) is 0. The van der Waals surface area contributed by atoms with E-state index in [2.05, 4.69) is 21.0 Å². The lowest BCUT2D eigenvalue weighted by Crippen LogP contribution is -2.01. The van der Waals surface area contributed by atoms with E-state index in [0.29, 0.717) is 10.7 Å². The minimum Gasteiger partial charge on any atom is -0.504 e. The Morgan fingerprint density at radius 2 is 2.18 bits per heavy atom. The van der Waals surface area contributed by atoms with Crippen molar-refractivity contribution in [3.8, 4) is 11.4 Å². The van der Waals surface area contributed by atoms with Crippen LogP contribution in [0.4, 0.5) is 0 Å². The summed E-state index contributed by atoms with van der Waals surface area (Å²) in [6.07, 6.45) is 1.19. The SMILES string of the molecule is O=C(O)c1nn(-c2cc(Br)ccc2Cl)cc1O. The Morgan fingerprint density at radius 1 is 1.47 bits per heavy atom. The Labute approximate surface area is 109 Å². The van der Waals surface area contributed by atoms with Crippen molar-refractivity contribution in [2.24, 2.45) is 0 Å². The molecule has 2 aromatic rings. The first-order valence-electron chi connectivity index (χ1n) is 4.46. The van der Waals surface area contributed by atoms with Crippen LogP contribution in [0, 0.1) is 0 Å². The van der Waals surface area contributed by atoms with Crippen LogP contribution in [0.25, 0.3) is 5.69 Å². The summed E-state index contributed by atoms with van der Waals surface area (Å²) in [6, 6.07) is 5.05. The van der Waals surface area contributed by atoms with E-state index in [1.165, 1.54) is 10.9 Å². The van der Waals surface area contributed by atoms with Crippen LogP contribution in [0.5, 0.6) is 5.75 Å². The molecule has 1 aromatic heterocycles. The van der Waals surface area contributed by atoms with Crippen LogP contribution in [0.3, 0.4) is 0 Å². The molecule has 0 saturated carbocycles. The number of carboxylic acids is 1. The normalized spacial score (nSPS) is 10.5. The van der Waals surface area contributed by atoms with Gasteiger partial charge in [0.2, 0.25) is 5.69 Å². The Hall–Kier alpha value is -1.53. The minimum atomic E-state index is -1.30. The van der Waals surface area contributed by atoms with Gasteiger partial charge in [-0.3, -0.25) is 0 Å². The number of halogens is 2. The number of benzene rings is 1. The summed E-state index contributed by atoms with van der Waals surface area (Å²) in [4.78, 5) is 10.7. The van der Waals surface area contributed by atoms with Gasteiger partial charge in [-0.05, 0) is 18.2 Å². The molecule has 0 atom stereocenters. The lowest BCUT2D eigenvalue weighted by molar-refractivity contribution is 0.0687. The average molecular weight is 318 g/mol. The van der Waals surface area contributed by atoms with Crippen LogP contribution in [0.15, 0.2) is 28.9 Å². The van der Waals surface area contributed by atoms with E-state index in [1.807, 2.05) is 0 Å². The fraction of sp³-hybridized carbons (Fsp3) is 0. The van der Waals surface area contributed by atoms with Crippen LogP contribution in [-0.4, -0.2) is 26.0 Å². The second-order valence-electron chi connectivity index (χ2n) is 3.21. The molecule has 0 aliphatic heterocycles. The predicted octanol–water partition coefficient (Wildman–Crippen LogP) is 2.69. The summed E-state index contributed by atoms with van der Waals surface area (Å²) in [5.74, 6) is -1.71. The van der Waals surface area contributed by atoms with Gasteiger partial charge in [-0.15, -0.1) is 0 Å². The van der Waals surface area contributed by atoms with Gasteiger partial charge in [-0.1, -0.05) is 27.5 Å². The Kier molecular flexibility index (Phi) is 3.08. The first-order chi connectivity index (χ1) is 7.99. The highest BCUT2D eigenvalue weighted by molar-refractivity contribution is 9.10. The van der Waals surface area contributed by atoms with Crippen molar-refractivity contribution >= 4 is 33.5 Å². The van der Waals surface area contributed by atoms with Crippen LogP contribution >= 0.6 is 27.5 Å². The molecule has 1 heterocycles. The van der Waals surface area contributed by atoms with E-state index in [4.69, 9.17) is 16.7 Å². The van der Waals surface area contributed by atoms with E-state index >= 15 is 0 Å². The topological polar surface area (TPSA) is 75.3 Å². The van der Waals surface area contributed by atoms with Crippen molar-refractivity contribution in [2.45, 2.75) is 0 Å². The standard InChI is InChI=1S/C10H6BrClN2O3/c11-5-1-2-6(12)7(3-5)14-4-8(15)9(13-14)10(16)17/h1-4,15H,(H,16,17). The highest BCUT2D eigenvalue weighted by Crippen LogP contribution is 2.26. The molecule has 17 heavy (non-hydrogen) atoms. The first-order valence-corrected chi connectivity index (χ1v) is 5.63. The number of hydrogen-bond acceptors (Lipinski definition) is 3. The summed E-state index contributed by atoms with van der Waals surface area (Å²) < 4.78 is 1.98. The van der Waals surface area contributed by atoms with E-state index in [-0.39, 0.29) is 0 Å². The fourth-order valence-electron chi connectivity index (χ4n) is 1.30. The molecule has 0 amide bonds. The first kappa shape index (κ1) is 11.9. The highest BCUT2D eigenvalue weighted by atomic mass is 79.9. The number of rotatable bonds is 2. The van der Waals surface area contributed by atoms with Gasteiger partial charge >= 0.3 is 5.97 Å². The third-order valence-electron chi connectivity index (χ3n) is 2.05. The Balaban J connectivity index is 2.57. The van der Waals surface area contributed by atoms with Crippen molar-refractivity contribution in [1.29, 1.82) is 0 Å². The lowest BCUT2D eigenvalue weighted by atomic mass is 10.3. The van der Waals surface area contributed by atoms with Crippen molar-refractivity contribution in [3.05, 3.63) is 39.6 Å². The van der Waals surface area contributed by atoms with Gasteiger partial charge < -0.3 is 10.2 Å². The maximum Gasteiger partial charge on any atom is 0.360 e. The third kappa shape index (κ3) is 2.27. The number of carbonyl (C=O) groups is 1. The van der Waals surface area contributed by atoms with Gasteiger partial charge in [-0.25, -0.2) is 9.48 Å². The molecule has 0 aliphatic carbocycles. The summed E-state index contributed by atoms with van der Waals surface area (Å²) in [5.41, 5.74) is 0.0601. The average Bonchev–Trinajstić information content (AvgIpc) is 2.64. The number of carboxylic acid groups (broad SMARTS) is 1. The zero-order valence-corrected chi connectivity index (χ0v) is 10.6. The molecule has 2 rings (SSSR count). The van der Waals surface area contributed by atoms with Gasteiger partial charge in [0, 0.05) is 4.47 Å². The highest BCUT2D eigenvalue weighted by Gasteiger charge is 2.16.